The summed E-state index contributed by atoms with van der Waals surface area (Å²) in [6, 6.07) is 9.19. The number of pyridine rings is 1. The Morgan fingerprint density at radius 3 is 2.89 bits per heavy atom. The molecule has 0 saturated carbocycles. The molecule has 1 aliphatic heterocycles. The zero-order valence-electron chi connectivity index (χ0n) is 20.6. The predicted molar refractivity (Wildman–Crippen MR) is 139 cm³/mol. The van der Waals surface area contributed by atoms with Crippen LogP contribution in [0.1, 0.15) is 43.8 Å². The molecule has 3 atom stereocenters. The van der Waals surface area contributed by atoms with Gasteiger partial charge in [0.15, 0.2) is 0 Å². The second-order valence-corrected chi connectivity index (χ2v) is 10.4. The van der Waals surface area contributed by atoms with Crippen LogP contribution in [0.2, 0.25) is 0 Å². The van der Waals surface area contributed by atoms with E-state index in [1.165, 1.54) is 0 Å². The maximum atomic E-state index is 15.5. The smallest absolute Gasteiger partial charge is 0.303 e. The fraction of sp³-hybridized carbons (Fsp3) is 0.481. The molecule has 4 rings (SSSR count). The zero-order chi connectivity index (χ0) is 25.3. The van der Waals surface area contributed by atoms with Gasteiger partial charge in [0, 0.05) is 43.0 Å². The molecule has 36 heavy (non-hydrogen) atoms. The maximum Gasteiger partial charge on any atom is 0.303 e. The third-order valence-electron chi connectivity index (χ3n) is 7.03. The summed E-state index contributed by atoms with van der Waals surface area (Å²) in [7, 11) is 1.60. The van der Waals surface area contributed by atoms with Crippen LogP contribution in [0.4, 0.5) is 4.39 Å². The van der Waals surface area contributed by atoms with E-state index in [1.54, 1.807) is 43.7 Å². The molecule has 192 valence electrons. The number of fused-ring (bicyclic) bond motifs is 1. The lowest BCUT2D eigenvalue weighted by Crippen LogP contribution is -2.41. The van der Waals surface area contributed by atoms with Gasteiger partial charge in [-0.15, -0.1) is 11.8 Å². The standard InChI is InChI=1S/C27H33FN4O3S/c1-35-21-4-6-25-23(16-21)22(8-12-30-25)24(28)5-2-19-10-13-32(17-20(19)3-7-27(33)34)14-15-36-26-9-11-29-18-31-26/h4,6,8-9,11-12,16,18-20,24H,2-3,5,7,10,13-15,17H2,1H3,(H,33,34)/t19-,20+,24?/m1/s1. The van der Waals surface area contributed by atoms with Gasteiger partial charge < -0.3 is 14.7 Å². The molecule has 2 aromatic heterocycles. The number of methoxy groups -OCH3 is 1. The SMILES string of the molecule is COc1ccc2nccc(C(F)CC[C@@H]3CCN(CCSc4ccncn4)C[C@@H]3CCC(=O)O)c2c1. The topological polar surface area (TPSA) is 88.4 Å². The van der Waals surface area contributed by atoms with Crippen LogP contribution in [0.15, 0.2) is 54.1 Å². The minimum atomic E-state index is -1.11. The summed E-state index contributed by atoms with van der Waals surface area (Å²) in [4.78, 5) is 26.3. The minimum absolute atomic E-state index is 0.151. The van der Waals surface area contributed by atoms with Crippen LogP contribution >= 0.6 is 11.8 Å². The summed E-state index contributed by atoms with van der Waals surface area (Å²) in [5.74, 6) is 1.39. The number of hydrogen-bond acceptors (Lipinski definition) is 7. The van der Waals surface area contributed by atoms with E-state index in [0.29, 0.717) is 30.1 Å². The first-order chi connectivity index (χ1) is 17.5. The van der Waals surface area contributed by atoms with Gasteiger partial charge in [0.05, 0.1) is 17.7 Å². The number of alkyl halides is 1. The molecule has 1 aromatic carbocycles. The summed E-state index contributed by atoms with van der Waals surface area (Å²) in [6.07, 6.45) is 6.73. The number of thioether (sulfide) groups is 1. The van der Waals surface area contributed by atoms with E-state index in [2.05, 4.69) is 19.9 Å². The van der Waals surface area contributed by atoms with Crippen molar-refractivity contribution in [1.82, 2.24) is 19.9 Å². The number of carboxylic acid groups (broad SMARTS) is 1. The highest BCUT2D eigenvalue weighted by Gasteiger charge is 2.30. The summed E-state index contributed by atoms with van der Waals surface area (Å²) in [6.45, 7) is 2.72. The van der Waals surface area contributed by atoms with E-state index in [1.807, 2.05) is 24.3 Å². The lowest BCUT2D eigenvalue weighted by atomic mass is 9.79. The summed E-state index contributed by atoms with van der Waals surface area (Å²) < 4.78 is 20.8. The Balaban J connectivity index is 1.35. The van der Waals surface area contributed by atoms with Crippen molar-refractivity contribution in [2.24, 2.45) is 11.8 Å². The number of aliphatic carboxylic acids is 1. The van der Waals surface area contributed by atoms with Crippen molar-refractivity contribution >= 4 is 28.6 Å². The molecular weight excluding hydrogens is 479 g/mol. The molecule has 3 heterocycles. The first-order valence-corrected chi connectivity index (χ1v) is 13.4. The van der Waals surface area contributed by atoms with E-state index in [-0.39, 0.29) is 12.3 Å². The Kier molecular flexibility index (Phi) is 9.47. The van der Waals surface area contributed by atoms with Crippen LogP contribution in [0.25, 0.3) is 10.9 Å². The highest BCUT2D eigenvalue weighted by molar-refractivity contribution is 7.99. The van der Waals surface area contributed by atoms with Crippen LogP contribution in [0, 0.1) is 11.8 Å². The molecule has 1 unspecified atom stereocenters. The highest BCUT2D eigenvalue weighted by Crippen LogP contribution is 2.36. The molecule has 0 aliphatic carbocycles. The molecule has 1 saturated heterocycles. The van der Waals surface area contributed by atoms with Gasteiger partial charge in [0.2, 0.25) is 0 Å². The van der Waals surface area contributed by atoms with E-state index < -0.39 is 12.1 Å². The van der Waals surface area contributed by atoms with Gasteiger partial charge in [-0.05, 0) is 80.0 Å². The lowest BCUT2D eigenvalue weighted by molar-refractivity contribution is -0.137. The third-order valence-corrected chi connectivity index (χ3v) is 7.95. The van der Waals surface area contributed by atoms with Crippen molar-refractivity contribution in [3.8, 4) is 5.75 Å². The number of likely N-dealkylation sites (tertiary alicyclic amines) is 1. The Bertz CT molecular complexity index is 1140. The second-order valence-electron chi connectivity index (χ2n) is 9.27. The van der Waals surface area contributed by atoms with E-state index >= 15 is 4.39 Å². The molecule has 0 bridgehead atoms. The monoisotopic (exact) mass is 512 g/mol. The summed E-state index contributed by atoms with van der Waals surface area (Å²) in [5.41, 5.74) is 1.39. The number of benzene rings is 1. The molecule has 1 fully saturated rings. The molecular formula is C27H33FN4O3S. The lowest BCUT2D eigenvalue weighted by Gasteiger charge is -2.39. The number of nitrogens with zero attached hydrogens (tertiary/aromatic N) is 4. The van der Waals surface area contributed by atoms with Gasteiger partial charge in [0.1, 0.15) is 18.2 Å². The van der Waals surface area contributed by atoms with E-state index in [0.717, 1.165) is 54.2 Å². The van der Waals surface area contributed by atoms with Crippen molar-refractivity contribution in [2.45, 2.75) is 43.3 Å². The Morgan fingerprint density at radius 2 is 2.11 bits per heavy atom. The Morgan fingerprint density at radius 1 is 1.22 bits per heavy atom. The number of hydrogen-bond donors (Lipinski definition) is 1. The number of aromatic nitrogens is 3. The maximum absolute atomic E-state index is 15.5. The van der Waals surface area contributed by atoms with Crippen molar-refractivity contribution < 1.29 is 19.0 Å². The van der Waals surface area contributed by atoms with Crippen molar-refractivity contribution in [1.29, 1.82) is 0 Å². The van der Waals surface area contributed by atoms with Crippen molar-refractivity contribution in [2.75, 3.05) is 32.5 Å². The molecule has 9 heteroatoms. The highest BCUT2D eigenvalue weighted by atomic mass is 32.2. The van der Waals surface area contributed by atoms with Crippen LogP contribution in [-0.2, 0) is 4.79 Å². The quantitative estimate of drug-likeness (QED) is 0.254. The molecule has 0 spiro atoms. The Labute approximate surface area is 215 Å². The average Bonchev–Trinajstić information content (AvgIpc) is 2.91. The second kappa shape index (κ2) is 13.0. The van der Waals surface area contributed by atoms with Crippen LogP contribution in [0.5, 0.6) is 5.75 Å². The number of carboxylic acids is 1. The van der Waals surface area contributed by atoms with Crippen LogP contribution in [-0.4, -0.2) is 63.4 Å². The van der Waals surface area contributed by atoms with Gasteiger partial charge >= 0.3 is 5.97 Å². The van der Waals surface area contributed by atoms with E-state index in [9.17, 15) is 9.90 Å². The molecule has 1 N–H and O–H groups in total. The van der Waals surface area contributed by atoms with Gasteiger partial charge in [0.25, 0.3) is 0 Å². The van der Waals surface area contributed by atoms with Crippen LogP contribution < -0.4 is 4.74 Å². The average molecular weight is 513 g/mol. The van der Waals surface area contributed by atoms with Gasteiger partial charge in [-0.25, -0.2) is 14.4 Å². The van der Waals surface area contributed by atoms with Crippen molar-refractivity contribution in [3.05, 3.63) is 54.6 Å². The third kappa shape index (κ3) is 7.13. The van der Waals surface area contributed by atoms with Gasteiger partial charge in [-0.2, -0.15) is 0 Å². The molecule has 7 nitrogen and oxygen atoms in total. The molecule has 1 aliphatic rings. The number of carbonyl (C=O) groups is 1. The largest absolute Gasteiger partial charge is 0.497 e. The normalized spacial score (nSPS) is 19.3. The first-order valence-electron chi connectivity index (χ1n) is 12.4. The zero-order valence-corrected chi connectivity index (χ0v) is 21.4. The number of ether oxygens (including phenoxy) is 1. The predicted octanol–water partition coefficient (Wildman–Crippen LogP) is 5.42. The van der Waals surface area contributed by atoms with Gasteiger partial charge in [-0.3, -0.25) is 9.78 Å². The van der Waals surface area contributed by atoms with Gasteiger partial charge in [-0.1, -0.05) is 0 Å². The molecule has 3 aromatic rings. The number of halogens is 1. The number of piperidine rings is 1. The molecule has 0 amide bonds. The van der Waals surface area contributed by atoms with Crippen molar-refractivity contribution in [3.63, 3.8) is 0 Å². The summed E-state index contributed by atoms with van der Waals surface area (Å²) >= 11 is 1.70. The molecule has 0 radical (unpaired) electrons. The Hall–Kier alpha value is -2.78. The first kappa shape index (κ1) is 26.3. The fourth-order valence-corrected chi connectivity index (χ4v) is 5.92. The van der Waals surface area contributed by atoms with E-state index in [4.69, 9.17) is 4.74 Å². The van der Waals surface area contributed by atoms with Crippen LogP contribution in [0.3, 0.4) is 0 Å². The minimum Gasteiger partial charge on any atom is -0.497 e. The summed E-state index contributed by atoms with van der Waals surface area (Å²) in [5, 5.41) is 11.0. The number of rotatable bonds is 12. The fourth-order valence-electron chi connectivity index (χ4n) is 5.08.